The Bertz CT molecular complexity index is 979. The molecule has 0 saturated heterocycles. The molecule has 0 fully saturated rings. The molecule has 0 aliphatic heterocycles. The van der Waals surface area contributed by atoms with Gasteiger partial charge in [0.15, 0.2) is 0 Å². The quantitative estimate of drug-likeness (QED) is 0.557. The molecule has 0 bridgehead atoms. The van der Waals surface area contributed by atoms with Crippen molar-refractivity contribution in [2.24, 2.45) is 0 Å². The van der Waals surface area contributed by atoms with E-state index in [9.17, 15) is 18.4 Å². The van der Waals surface area contributed by atoms with Crippen molar-refractivity contribution in [2.45, 2.75) is 6.18 Å². The van der Waals surface area contributed by atoms with Gasteiger partial charge in [-0.05, 0) is 36.4 Å². The molecule has 130 valence electrons. The van der Waals surface area contributed by atoms with Crippen LogP contribution >= 0.6 is 11.6 Å². The van der Waals surface area contributed by atoms with Gasteiger partial charge in [-0.25, -0.2) is 4.98 Å². The van der Waals surface area contributed by atoms with Crippen molar-refractivity contribution < 1.29 is 17.9 Å². The summed E-state index contributed by atoms with van der Waals surface area (Å²) in [6.07, 6.45) is -4.48. The zero-order valence-electron chi connectivity index (χ0n) is 13.1. The van der Waals surface area contributed by atoms with Crippen LogP contribution < -0.4 is 4.74 Å². The van der Waals surface area contributed by atoms with Gasteiger partial charge in [-0.2, -0.15) is 18.4 Å². The summed E-state index contributed by atoms with van der Waals surface area (Å²) in [6.45, 7) is 0. The van der Waals surface area contributed by atoms with Gasteiger partial charge in [0.25, 0.3) is 0 Å². The summed E-state index contributed by atoms with van der Waals surface area (Å²) in [5.74, 6) is -0.00204. The van der Waals surface area contributed by atoms with Gasteiger partial charge in [-0.15, -0.1) is 0 Å². The number of alkyl halides is 3. The summed E-state index contributed by atoms with van der Waals surface area (Å²) in [6, 6.07) is 16.1. The lowest BCUT2D eigenvalue weighted by Gasteiger charge is -2.11. The minimum atomic E-state index is -4.48. The maximum absolute atomic E-state index is 12.8. The molecule has 7 heteroatoms. The molecular formula is C19H10ClF3N2O. The molecule has 0 aliphatic carbocycles. The molecule has 0 saturated carbocycles. The summed E-state index contributed by atoms with van der Waals surface area (Å²) in [4.78, 5) is 4.27. The Kier molecular flexibility index (Phi) is 4.83. The fraction of sp³-hybridized carbons (Fsp3) is 0.0526. The second kappa shape index (κ2) is 7.06. The first-order valence-corrected chi connectivity index (χ1v) is 7.76. The van der Waals surface area contributed by atoms with Gasteiger partial charge in [0, 0.05) is 16.7 Å². The minimum Gasteiger partial charge on any atom is -0.439 e. The van der Waals surface area contributed by atoms with Crippen LogP contribution in [0.25, 0.3) is 11.3 Å². The normalized spacial score (nSPS) is 11.0. The van der Waals surface area contributed by atoms with Crippen molar-refractivity contribution >= 4 is 11.6 Å². The molecule has 0 radical (unpaired) electrons. The second-order valence-electron chi connectivity index (χ2n) is 5.33. The predicted molar refractivity (Wildman–Crippen MR) is 90.9 cm³/mol. The van der Waals surface area contributed by atoms with Crippen LogP contribution in [0.5, 0.6) is 11.6 Å². The lowest BCUT2D eigenvalue weighted by Crippen LogP contribution is -2.04. The lowest BCUT2D eigenvalue weighted by molar-refractivity contribution is -0.137. The Morgan fingerprint density at radius 3 is 2.38 bits per heavy atom. The van der Waals surface area contributed by atoms with Crippen molar-refractivity contribution in [1.29, 1.82) is 5.26 Å². The van der Waals surface area contributed by atoms with E-state index in [2.05, 4.69) is 4.98 Å². The number of halogens is 4. The maximum atomic E-state index is 12.8. The molecule has 0 aliphatic rings. The first-order valence-electron chi connectivity index (χ1n) is 7.38. The monoisotopic (exact) mass is 374 g/mol. The third kappa shape index (κ3) is 4.13. The highest BCUT2D eigenvalue weighted by atomic mass is 35.5. The fourth-order valence-corrected chi connectivity index (χ4v) is 2.37. The summed E-state index contributed by atoms with van der Waals surface area (Å²) in [7, 11) is 0. The number of hydrogen-bond donors (Lipinski definition) is 0. The van der Waals surface area contributed by atoms with E-state index in [1.165, 1.54) is 18.2 Å². The molecule has 3 rings (SSSR count). The number of pyridine rings is 1. The van der Waals surface area contributed by atoms with Gasteiger partial charge < -0.3 is 4.74 Å². The second-order valence-corrected chi connectivity index (χ2v) is 5.76. The average molecular weight is 375 g/mol. The molecule has 0 unspecified atom stereocenters. The average Bonchev–Trinajstić information content (AvgIpc) is 2.61. The largest absolute Gasteiger partial charge is 0.439 e. The molecule has 1 aromatic heterocycles. The number of nitrogens with zero attached hydrogens (tertiary/aromatic N) is 2. The van der Waals surface area contributed by atoms with Gasteiger partial charge in [-0.3, -0.25) is 0 Å². The standard InChI is InChI=1S/C19H10ClF3N2O/c20-15-6-4-13(5-7-15)17-8-12(11-24)9-18(25-17)26-16-3-1-2-14(10-16)19(21,22)23/h1-10H. The van der Waals surface area contributed by atoms with E-state index >= 15 is 0 Å². The highest BCUT2D eigenvalue weighted by Gasteiger charge is 2.30. The Labute approximate surface area is 152 Å². The number of hydrogen-bond acceptors (Lipinski definition) is 3. The summed E-state index contributed by atoms with van der Waals surface area (Å²) >= 11 is 5.86. The Hall–Kier alpha value is -3.04. The molecule has 0 spiro atoms. The Morgan fingerprint density at radius 2 is 1.73 bits per heavy atom. The Balaban J connectivity index is 1.97. The van der Waals surface area contributed by atoms with Gasteiger partial charge >= 0.3 is 6.18 Å². The molecule has 2 aromatic carbocycles. The van der Waals surface area contributed by atoms with E-state index in [1.807, 2.05) is 6.07 Å². The molecule has 0 atom stereocenters. The fourth-order valence-electron chi connectivity index (χ4n) is 2.25. The van der Waals surface area contributed by atoms with E-state index in [-0.39, 0.29) is 17.2 Å². The first kappa shape index (κ1) is 17.8. The topological polar surface area (TPSA) is 45.9 Å². The van der Waals surface area contributed by atoms with E-state index in [4.69, 9.17) is 16.3 Å². The smallest absolute Gasteiger partial charge is 0.416 e. The lowest BCUT2D eigenvalue weighted by atomic mass is 10.1. The molecule has 26 heavy (non-hydrogen) atoms. The van der Waals surface area contributed by atoms with Crippen molar-refractivity contribution in [2.75, 3.05) is 0 Å². The molecular weight excluding hydrogens is 365 g/mol. The van der Waals surface area contributed by atoms with Crippen molar-refractivity contribution in [3.8, 4) is 29.0 Å². The third-order valence-corrected chi connectivity index (χ3v) is 3.71. The number of ether oxygens (including phenoxy) is 1. The summed E-state index contributed by atoms with van der Waals surface area (Å²) < 4.78 is 43.9. The highest BCUT2D eigenvalue weighted by molar-refractivity contribution is 6.30. The Morgan fingerprint density at radius 1 is 1.00 bits per heavy atom. The molecule has 3 nitrogen and oxygen atoms in total. The van der Waals surface area contributed by atoms with Gasteiger partial charge in [0.2, 0.25) is 5.88 Å². The maximum Gasteiger partial charge on any atom is 0.416 e. The van der Waals surface area contributed by atoms with Crippen LogP contribution in [0.15, 0.2) is 60.7 Å². The van der Waals surface area contributed by atoms with Crippen LogP contribution in [-0.2, 0) is 6.18 Å². The predicted octanol–water partition coefficient (Wildman–Crippen LogP) is 6.08. The van der Waals surface area contributed by atoms with Gasteiger partial charge in [0.05, 0.1) is 22.9 Å². The SMILES string of the molecule is N#Cc1cc(Oc2cccc(C(F)(F)F)c2)nc(-c2ccc(Cl)cc2)c1. The summed E-state index contributed by atoms with van der Waals surface area (Å²) in [5.41, 5.74) is 0.583. The van der Waals surface area contributed by atoms with E-state index in [1.54, 1.807) is 30.3 Å². The van der Waals surface area contributed by atoms with Crippen LogP contribution in [0.4, 0.5) is 13.2 Å². The molecule has 0 N–H and O–H groups in total. The zero-order chi connectivity index (χ0) is 18.7. The number of aromatic nitrogens is 1. The molecule has 1 heterocycles. The van der Waals surface area contributed by atoms with Crippen molar-refractivity contribution in [3.63, 3.8) is 0 Å². The van der Waals surface area contributed by atoms with Crippen LogP contribution in [0, 0.1) is 11.3 Å². The van der Waals surface area contributed by atoms with Gasteiger partial charge in [0.1, 0.15) is 5.75 Å². The van der Waals surface area contributed by atoms with E-state index < -0.39 is 11.7 Å². The van der Waals surface area contributed by atoms with Crippen molar-refractivity contribution in [3.05, 3.63) is 76.8 Å². The van der Waals surface area contributed by atoms with Crippen LogP contribution in [0.2, 0.25) is 5.02 Å². The summed E-state index contributed by atoms with van der Waals surface area (Å²) in [5, 5.41) is 9.74. The first-order chi connectivity index (χ1) is 12.3. The molecule has 0 amide bonds. The van der Waals surface area contributed by atoms with E-state index in [0.717, 1.165) is 12.1 Å². The van der Waals surface area contributed by atoms with E-state index in [0.29, 0.717) is 16.3 Å². The number of nitriles is 1. The van der Waals surface area contributed by atoms with Gasteiger partial charge in [-0.1, -0.05) is 29.8 Å². The molecule has 3 aromatic rings. The number of rotatable bonds is 3. The van der Waals surface area contributed by atoms with Crippen molar-refractivity contribution in [1.82, 2.24) is 4.98 Å². The third-order valence-electron chi connectivity index (χ3n) is 3.45. The zero-order valence-corrected chi connectivity index (χ0v) is 13.8. The van der Waals surface area contributed by atoms with Crippen LogP contribution in [0.1, 0.15) is 11.1 Å². The highest BCUT2D eigenvalue weighted by Crippen LogP contribution is 2.33. The van der Waals surface area contributed by atoms with Crippen LogP contribution in [0.3, 0.4) is 0 Å². The van der Waals surface area contributed by atoms with Crippen LogP contribution in [-0.4, -0.2) is 4.98 Å². The minimum absolute atomic E-state index is 0.0216. The number of benzene rings is 2.